The molecule has 0 atom stereocenters. The van der Waals surface area contributed by atoms with Gasteiger partial charge in [0.2, 0.25) is 11.0 Å². The number of rotatable bonds is 16. The van der Waals surface area contributed by atoms with E-state index in [0.29, 0.717) is 46.2 Å². The molecule has 0 saturated heterocycles. The zero-order valence-electron chi connectivity index (χ0n) is 13.0. The first-order chi connectivity index (χ1) is 10.7. The monoisotopic (exact) mass is 338 g/mol. The van der Waals surface area contributed by atoms with Crippen molar-refractivity contribution in [2.75, 3.05) is 73.0 Å². The van der Waals surface area contributed by atoms with Crippen LogP contribution >= 0.6 is 12.6 Å². The maximum Gasteiger partial charge on any atom is 0.246 e. The smallest absolute Gasteiger partial charge is 0.246 e. The summed E-state index contributed by atoms with van der Waals surface area (Å²) in [7, 11) is 1.85. The summed E-state index contributed by atoms with van der Waals surface area (Å²) >= 11 is 3.56. The number of hydrogen-bond donors (Lipinski definition) is 3. The van der Waals surface area contributed by atoms with E-state index in [4.69, 9.17) is 18.9 Å². The van der Waals surface area contributed by atoms with Gasteiger partial charge in [0.1, 0.15) is 13.2 Å². The van der Waals surface area contributed by atoms with Crippen LogP contribution in [0.15, 0.2) is 0 Å². The van der Waals surface area contributed by atoms with Gasteiger partial charge in [-0.15, -0.1) is 12.6 Å². The lowest BCUT2D eigenvalue weighted by Gasteiger charge is -2.08. The number of ether oxygens (including phenoxy) is 4. The first-order valence-electron chi connectivity index (χ1n) is 7.11. The van der Waals surface area contributed by atoms with Crippen LogP contribution in [0.4, 0.5) is 0 Å². The maximum absolute atomic E-state index is 11.4. The molecule has 0 saturated carbocycles. The van der Waals surface area contributed by atoms with Crippen LogP contribution < -0.4 is 10.6 Å². The van der Waals surface area contributed by atoms with Crippen molar-refractivity contribution in [3.05, 3.63) is 0 Å². The van der Waals surface area contributed by atoms with Crippen LogP contribution in [-0.2, 0) is 28.5 Å². The summed E-state index contributed by atoms with van der Waals surface area (Å²) in [6, 6.07) is 0. The van der Waals surface area contributed by atoms with Gasteiger partial charge in [0.05, 0.1) is 39.6 Å². The number of amides is 1. The summed E-state index contributed by atoms with van der Waals surface area (Å²) in [5, 5.41) is 5.29. The van der Waals surface area contributed by atoms with Crippen molar-refractivity contribution in [3.63, 3.8) is 0 Å². The second-order valence-electron chi connectivity index (χ2n) is 4.18. The second-order valence-corrected chi connectivity index (χ2v) is 4.68. The van der Waals surface area contributed by atoms with Gasteiger partial charge < -0.3 is 29.6 Å². The SMILES string of the molecule is CNCCOCCOCC(=O)NCCOCCOCC(=O)S. The highest BCUT2D eigenvalue weighted by Gasteiger charge is 2.00. The van der Waals surface area contributed by atoms with Gasteiger partial charge >= 0.3 is 0 Å². The van der Waals surface area contributed by atoms with Crippen LogP contribution in [0.5, 0.6) is 0 Å². The Morgan fingerprint density at radius 1 is 0.818 bits per heavy atom. The third-order valence-electron chi connectivity index (χ3n) is 2.27. The minimum atomic E-state index is -0.320. The molecule has 0 bridgehead atoms. The largest absolute Gasteiger partial charge is 0.378 e. The summed E-state index contributed by atoms with van der Waals surface area (Å²) in [6.07, 6.45) is 0. The van der Waals surface area contributed by atoms with E-state index in [9.17, 15) is 9.59 Å². The van der Waals surface area contributed by atoms with Crippen LogP contribution in [-0.4, -0.2) is 84.0 Å². The molecule has 8 nitrogen and oxygen atoms in total. The standard InChI is InChI=1S/C13H26N2O6S/c1-14-2-4-18-6-8-20-10-12(16)15-3-5-19-7-9-21-11-13(17)22/h14H,2-11H2,1H3,(H,15,16)(H,17,22). The molecule has 2 N–H and O–H groups in total. The zero-order chi connectivity index (χ0) is 16.5. The molecule has 0 aliphatic rings. The van der Waals surface area contributed by atoms with Gasteiger partial charge in [0, 0.05) is 13.1 Å². The first kappa shape index (κ1) is 21.3. The number of carbonyl (C=O) groups excluding carboxylic acids is 2. The Hall–Kier alpha value is -0.710. The number of likely N-dealkylation sites (N-methyl/N-ethyl adjacent to an activating group) is 1. The van der Waals surface area contributed by atoms with Gasteiger partial charge in [-0.2, -0.15) is 0 Å². The maximum atomic E-state index is 11.4. The van der Waals surface area contributed by atoms with Crippen molar-refractivity contribution in [2.45, 2.75) is 0 Å². The topological polar surface area (TPSA) is 95.1 Å². The average molecular weight is 338 g/mol. The molecule has 0 radical (unpaired) electrons. The lowest BCUT2D eigenvalue weighted by atomic mass is 10.6. The molecule has 0 heterocycles. The molecule has 0 rings (SSSR count). The van der Waals surface area contributed by atoms with Crippen molar-refractivity contribution in [2.24, 2.45) is 0 Å². The Labute approximate surface area is 136 Å². The third-order valence-corrected chi connectivity index (χ3v) is 2.40. The van der Waals surface area contributed by atoms with E-state index in [-0.39, 0.29) is 24.2 Å². The molecule has 1 amide bonds. The van der Waals surface area contributed by atoms with Gasteiger partial charge in [-0.05, 0) is 7.05 Å². The summed E-state index contributed by atoms with van der Waals surface area (Å²) < 4.78 is 20.5. The van der Waals surface area contributed by atoms with Crippen LogP contribution in [0.2, 0.25) is 0 Å². The van der Waals surface area contributed by atoms with Crippen LogP contribution in [0.3, 0.4) is 0 Å². The zero-order valence-corrected chi connectivity index (χ0v) is 13.9. The fraction of sp³-hybridized carbons (Fsp3) is 0.846. The van der Waals surface area contributed by atoms with Crippen LogP contribution in [0.25, 0.3) is 0 Å². The molecule has 22 heavy (non-hydrogen) atoms. The molecular formula is C13H26N2O6S. The minimum Gasteiger partial charge on any atom is -0.378 e. The van der Waals surface area contributed by atoms with Gasteiger partial charge in [-0.3, -0.25) is 9.59 Å². The van der Waals surface area contributed by atoms with Crippen molar-refractivity contribution < 1.29 is 28.5 Å². The lowest BCUT2D eigenvalue weighted by molar-refractivity contribution is -0.126. The number of nitrogens with one attached hydrogen (secondary N) is 2. The van der Waals surface area contributed by atoms with E-state index in [2.05, 4.69) is 23.3 Å². The Kier molecular flexibility index (Phi) is 16.1. The van der Waals surface area contributed by atoms with Crippen molar-refractivity contribution >= 4 is 23.7 Å². The highest BCUT2D eigenvalue weighted by molar-refractivity contribution is 7.96. The normalized spacial score (nSPS) is 10.6. The van der Waals surface area contributed by atoms with Gasteiger partial charge in [0.25, 0.3) is 0 Å². The summed E-state index contributed by atoms with van der Waals surface area (Å²) in [6.45, 7) is 3.67. The quantitative estimate of drug-likeness (QED) is 0.241. The molecule has 0 aliphatic heterocycles. The van der Waals surface area contributed by atoms with E-state index >= 15 is 0 Å². The summed E-state index contributed by atoms with van der Waals surface area (Å²) in [4.78, 5) is 21.8. The van der Waals surface area contributed by atoms with E-state index in [1.807, 2.05) is 7.05 Å². The van der Waals surface area contributed by atoms with E-state index in [1.54, 1.807) is 0 Å². The predicted octanol–water partition coefficient (Wildman–Crippen LogP) is -1.16. The minimum absolute atomic E-state index is 0.00253. The van der Waals surface area contributed by atoms with Gasteiger partial charge in [-0.25, -0.2) is 0 Å². The average Bonchev–Trinajstić information content (AvgIpc) is 2.48. The molecule has 0 spiro atoms. The van der Waals surface area contributed by atoms with Crippen LogP contribution in [0, 0.1) is 0 Å². The highest BCUT2D eigenvalue weighted by atomic mass is 32.1. The van der Waals surface area contributed by atoms with E-state index in [1.165, 1.54) is 0 Å². The molecule has 0 aromatic carbocycles. The molecular weight excluding hydrogens is 312 g/mol. The molecule has 0 aliphatic carbocycles. The number of thiol groups is 1. The number of carbonyl (C=O) groups is 2. The Bertz CT molecular complexity index is 294. The third kappa shape index (κ3) is 17.3. The van der Waals surface area contributed by atoms with Crippen molar-refractivity contribution in [1.29, 1.82) is 0 Å². The van der Waals surface area contributed by atoms with Crippen molar-refractivity contribution in [3.8, 4) is 0 Å². The Morgan fingerprint density at radius 2 is 1.36 bits per heavy atom. The summed E-state index contributed by atoms with van der Waals surface area (Å²) in [5.41, 5.74) is 0. The fourth-order valence-electron chi connectivity index (χ4n) is 1.25. The molecule has 0 aromatic rings. The Balaban J connectivity index is 3.17. The number of hydrogen-bond acceptors (Lipinski definition) is 7. The fourth-order valence-corrected chi connectivity index (χ4v) is 1.34. The van der Waals surface area contributed by atoms with E-state index < -0.39 is 0 Å². The molecule has 9 heteroatoms. The molecule has 0 fully saturated rings. The summed E-state index contributed by atoms with van der Waals surface area (Å²) in [5.74, 6) is -0.198. The highest BCUT2D eigenvalue weighted by Crippen LogP contribution is 1.83. The second kappa shape index (κ2) is 16.7. The van der Waals surface area contributed by atoms with Crippen LogP contribution in [0.1, 0.15) is 0 Å². The van der Waals surface area contributed by atoms with Gasteiger partial charge in [0.15, 0.2) is 0 Å². The first-order valence-corrected chi connectivity index (χ1v) is 7.55. The predicted molar refractivity (Wildman–Crippen MR) is 84.2 cm³/mol. The Morgan fingerprint density at radius 3 is 1.95 bits per heavy atom. The van der Waals surface area contributed by atoms with Crippen molar-refractivity contribution in [1.82, 2.24) is 10.6 Å². The molecule has 130 valence electrons. The molecule has 0 aromatic heterocycles. The van der Waals surface area contributed by atoms with Gasteiger partial charge in [-0.1, -0.05) is 0 Å². The van der Waals surface area contributed by atoms with E-state index in [0.717, 1.165) is 6.54 Å². The molecule has 0 unspecified atom stereocenters. The lowest BCUT2D eigenvalue weighted by Crippen LogP contribution is -2.31.